The molecule has 0 spiro atoms. The Balaban J connectivity index is 1.93. The van der Waals surface area contributed by atoms with Crippen molar-refractivity contribution in [3.05, 3.63) is 28.8 Å². The van der Waals surface area contributed by atoms with Crippen molar-refractivity contribution in [2.24, 2.45) is 0 Å². The van der Waals surface area contributed by atoms with Gasteiger partial charge in [-0.2, -0.15) is 0 Å². The summed E-state index contributed by atoms with van der Waals surface area (Å²) in [6.45, 7) is 8.25. The summed E-state index contributed by atoms with van der Waals surface area (Å²) in [4.78, 5) is 13.4. The number of nitrogens with one attached hydrogen (secondary N) is 2. The second-order valence-corrected chi connectivity index (χ2v) is 6.04. The zero-order chi connectivity index (χ0) is 14.7. The van der Waals surface area contributed by atoms with E-state index in [4.69, 9.17) is 16.3 Å². The van der Waals surface area contributed by atoms with Gasteiger partial charge in [0.2, 0.25) is 0 Å². The summed E-state index contributed by atoms with van der Waals surface area (Å²) < 4.78 is 5.68. The van der Waals surface area contributed by atoms with E-state index < -0.39 is 0 Å². The summed E-state index contributed by atoms with van der Waals surface area (Å²) in [7, 11) is 0. The molecule has 1 fully saturated rings. The van der Waals surface area contributed by atoms with E-state index in [1.54, 1.807) is 6.07 Å². The number of hydrogen-bond donors (Lipinski definition) is 2. The SMILES string of the molecule is Cc1ccc(Cl)cc1NC(=O)C[NH+]1C[C@@H](C)O[C@@H](C)C1. The van der Waals surface area contributed by atoms with Crippen LogP contribution >= 0.6 is 11.6 Å². The van der Waals surface area contributed by atoms with E-state index in [2.05, 4.69) is 19.2 Å². The number of amides is 1. The largest absolute Gasteiger partial charge is 0.364 e. The van der Waals surface area contributed by atoms with E-state index in [9.17, 15) is 4.79 Å². The Morgan fingerprint density at radius 3 is 2.70 bits per heavy atom. The van der Waals surface area contributed by atoms with Crippen LogP contribution in [0.15, 0.2) is 18.2 Å². The van der Waals surface area contributed by atoms with Crippen LogP contribution in [-0.4, -0.2) is 37.7 Å². The monoisotopic (exact) mass is 297 g/mol. The van der Waals surface area contributed by atoms with Gasteiger partial charge in [0.15, 0.2) is 6.54 Å². The van der Waals surface area contributed by atoms with Gasteiger partial charge in [-0.1, -0.05) is 17.7 Å². The highest BCUT2D eigenvalue weighted by atomic mass is 35.5. The van der Waals surface area contributed by atoms with Gasteiger partial charge in [-0.3, -0.25) is 4.79 Å². The summed E-state index contributed by atoms with van der Waals surface area (Å²) in [5.74, 6) is 0.0201. The maximum atomic E-state index is 12.1. The Morgan fingerprint density at radius 1 is 1.40 bits per heavy atom. The maximum absolute atomic E-state index is 12.1. The van der Waals surface area contributed by atoms with Crippen molar-refractivity contribution in [2.75, 3.05) is 25.0 Å². The molecule has 20 heavy (non-hydrogen) atoms. The highest BCUT2D eigenvalue weighted by Crippen LogP contribution is 2.19. The molecule has 1 amide bonds. The van der Waals surface area contributed by atoms with Gasteiger partial charge in [-0.05, 0) is 38.5 Å². The van der Waals surface area contributed by atoms with Crippen molar-refractivity contribution in [1.82, 2.24) is 0 Å². The number of quaternary nitrogens is 1. The third kappa shape index (κ3) is 4.20. The number of morpholine rings is 1. The Morgan fingerprint density at radius 2 is 2.05 bits per heavy atom. The number of carbonyl (C=O) groups excluding carboxylic acids is 1. The minimum absolute atomic E-state index is 0.0201. The first-order valence-electron chi connectivity index (χ1n) is 6.99. The first kappa shape index (κ1) is 15.3. The molecule has 1 aromatic carbocycles. The summed E-state index contributed by atoms with van der Waals surface area (Å²) >= 11 is 5.96. The summed E-state index contributed by atoms with van der Waals surface area (Å²) in [5.41, 5.74) is 1.80. The number of carbonyl (C=O) groups is 1. The smallest absolute Gasteiger partial charge is 0.279 e. The molecule has 0 radical (unpaired) electrons. The molecule has 1 heterocycles. The average molecular weight is 298 g/mol. The van der Waals surface area contributed by atoms with Gasteiger partial charge < -0.3 is 15.0 Å². The van der Waals surface area contributed by atoms with E-state index >= 15 is 0 Å². The van der Waals surface area contributed by atoms with Gasteiger partial charge in [0.1, 0.15) is 25.3 Å². The average Bonchev–Trinajstić information content (AvgIpc) is 2.32. The van der Waals surface area contributed by atoms with Crippen molar-refractivity contribution in [3.8, 4) is 0 Å². The van der Waals surface area contributed by atoms with Crippen molar-refractivity contribution < 1.29 is 14.4 Å². The molecule has 0 bridgehead atoms. The van der Waals surface area contributed by atoms with Gasteiger partial charge >= 0.3 is 0 Å². The lowest BCUT2D eigenvalue weighted by atomic mass is 10.2. The van der Waals surface area contributed by atoms with Gasteiger partial charge in [0.05, 0.1) is 0 Å². The fourth-order valence-electron chi connectivity index (χ4n) is 2.68. The topological polar surface area (TPSA) is 42.8 Å². The number of hydrogen-bond acceptors (Lipinski definition) is 2. The summed E-state index contributed by atoms with van der Waals surface area (Å²) in [6, 6.07) is 5.52. The number of benzene rings is 1. The van der Waals surface area contributed by atoms with Crippen LogP contribution in [0.2, 0.25) is 5.02 Å². The van der Waals surface area contributed by atoms with E-state index in [1.165, 1.54) is 4.90 Å². The zero-order valence-electron chi connectivity index (χ0n) is 12.2. The molecular weight excluding hydrogens is 276 g/mol. The first-order chi connectivity index (χ1) is 9.44. The molecule has 1 aromatic rings. The van der Waals surface area contributed by atoms with Crippen LogP contribution < -0.4 is 10.2 Å². The van der Waals surface area contributed by atoms with Crippen LogP contribution in [0.4, 0.5) is 5.69 Å². The minimum Gasteiger partial charge on any atom is -0.364 e. The Bertz CT molecular complexity index is 483. The molecule has 1 saturated heterocycles. The van der Waals surface area contributed by atoms with E-state index in [-0.39, 0.29) is 18.1 Å². The standard InChI is InChI=1S/C15H21ClN2O2/c1-10-4-5-13(16)6-14(10)17-15(19)9-18-7-11(2)20-12(3)8-18/h4-6,11-12H,7-9H2,1-3H3,(H,17,19)/p+1/t11-,12+. The number of anilines is 1. The minimum atomic E-state index is 0.0201. The summed E-state index contributed by atoms with van der Waals surface area (Å²) in [6.07, 6.45) is 0.406. The van der Waals surface area contributed by atoms with Crippen LogP contribution in [0.5, 0.6) is 0 Å². The summed E-state index contributed by atoms with van der Waals surface area (Å²) in [5, 5.41) is 3.57. The number of halogens is 1. The van der Waals surface area contributed by atoms with Crippen LogP contribution in [-0.2, 0) is 9.53 Å². The van der Waals surface area contributed by atoms with Crippen LogP contribution in [0.1, 0.15) is 19.4 Å². The third-order valence-electron chi connectivity index (χ3n) is 3.50. The molecule has 0 aromatic heterocycles. The molecule has 0 saturated carbocycles. The van der Waals surface area contributed by atoms with Crippen molar-refractivity contribution in [3.63, 3.8) is 0 Å². The Kier molecular flexibility index (Phi) is 5.02. The first-order valence-corrected chi connectivity index (χ1v) is 7.37. The highest BCUT2D eigenvalue weighted by Gasteiger charge is 2.27. The van der Waals surface area contributed by atoms with Gasteiger partial charge in [0, 0.05) is 10.7 Å². The zero-order valence-corrected chi connectivity index (χ0v) is 13.0. The van der Waals surface area contributed by atoms with Gasteiger partial charge in [-0.15, -0.1) is 0 Å². The number of rotatable bonds is 3. The van der Waals surface area contributed by atoms with Gasteiger partial charge in [-0.25, -0.2) is 0 Å². The Hall–Kier alpha value is -1.10. The third-order valence-corrected chi connectivity index (χ3v) is 3.74. The fourth-order valence-corrected chi connectivity index (χ4v) is 2.86. The van der Waals surface area contributed by atoms with Gasteiger partial charge in [0.25, 0.3) is 5.91 Å². The lowest BCUT2D eigenvalue weighted by molar-refractivity contribution is -0.907. The molecule has 4 nitrogen and oxygen atoms in total. The molecule has 3 atom stereocenters. The van der Waals surface area contributed by atoms with Crippen molar-refractivity contribution in [1.29, 1.82) is 0 Å². The van der Waals surface area contributed by atoms with E-state index in [0.29, 0.717) is 11.6 Å². The molecule has 1 aliphatic rings. The number of aryl methyl sites for hydroxylation is 1. The lowest BCUT2D eigenvalue weighted by Gasteiger charge is -2.31. The van der Waals surface area contributed by atoms with Crippen molar-refractivity contribution in [2.45, 2.75) is 33.0 Å². The van der Waals surface area contributed by atoms with E-state index in [0.717, 1.165) is 24.3 Å². The molecule has 2 rings (SSSR count). The maximum Gasteiger partial charge on any atom is 0.279 e. The van der Waals surface area contributed by atoms with Crippen LogP contribution in [0.25, 0.3) is 0 Å². The normalized spacial score (nSPS) is 26.3. The predicted molar refractivity (Wildman–Crippen MR) is 80.4 cm³/mol. The predicted octanol–water partition coefficient (Wildman–Crippen LogP) is 1.28. The van der Waals surface area contributed by atoms with Crippen LogP contribution in [0, 0.1) is 6.92 Å². The molecule has 0 aliphatic carbocycles. The fraction of sp³-hybridized carbons (Fsp3) is 0.533. The lowest BCUT2D eigenvalue weighted by Crippen LogP contribution is -3.16. The molecule has 1 unspecified atom stereocenters. The molecule has 110 valence electrons. The Labute approximate surface area is 125 Å². The molecule has 1 aliphatic heterocycles. The van der Waals surface area contributed by atoms with Crippen molar-refractivity contribution >= 4 is 23.2 Å². The molecule has 5 heteroatoms. The second kappa shape index (κ2) is 6.57. The highest BCUT2D eigenvalue weighted by molar-refractivity contribution is 6.31. The molecule has 2 N–H and O–H groups in total. The second-order valence-electron chi connectivity index (χ2n) is 5.60. The van der Waals surface area contributed by atoms with E-state index in [1.807, 2.05) is 19.1 Å². The quantitative estimate of drug-likeness (QED) is 0.883. The molecular formula is C15H22ClN2O2+. The number of ether oxygens (including phenoxy) is 1. The van der Waals surface area contributed by atoms with Crippen LogP contribution in [0.3, 0.4) is 0 Å².